The average Bonchev–Trinajstić information content (AvgIpc) is 3.02. The monoisotopic (exact) mass is 377 g/mol. The van der Waals surface area contributed by atoms with Gasteiger partial charge in [-0.15, -0.1) is 0 Å². The molecule has 0 fully saturated rings. The first kappa shape index (κ1) is 16.8. The highest BCUT2D eigenvalue weighted by Crippen LogP contribution is 2.23. The molecule has 0 aliphatic heterocycles. The van der Waals surface area contributed by atoms with Gasteiger partial charge in [-0.05, 0) is 17.7 Å². The van der Waals surface area contributed by atoms with Crippen LogP contribution >= 0.6 is 23.2 Å². The second-order valence-corrected chi connectivity index (χ2v) is 5.79. The average molecular weight is 378 g/mol. The Kier molecular flexibility index (Phi) is 4.35. The molecule has 0 saturated carbocycles. The van der Waals surface area contributed by atoms with Crippen LogP contribution in [0, 0.1) is 6.57 Å². The summed E-state index contributed by atoms with van der Waals surface area (Å²) in [4.78, 5) is 31.5. The van der Waals surface area contributed by atoms with E-state index in [4.69, 9.17) is 29.8 Å². The third kappa shape index (κ3) is 3.03. The van der Waals surface area contributed by atoms with E-state index >= 15 is 0 Å². The summed E-state index contributed by atoms with van der Waals surface area (Å²) in [6, 6.07) is 4.84. The molecule has 0 saturated heterocycles. The second-order valence-electron chi connectivity index (χ2n) is 4.97. The summed E-state index contributed by atoms with van der Waals surface area (Å²) in [5, 5.41) is 15.7. The van der Waals surface area contributed by atoms with E-state index in [1.165, 1.54) is 6.20 Å². The van der Waals surface area contributed by atoms with Gasteiger partial charge >= 0.3 is 5.56 Å². The molecule has 0 aliphatic rings. The van der Waals surface area contributed by atoms with E-state index in [0.29, 0.717) is 15.6 Å². The van der Waals surface area contributed by atoms with E-state index < -0.39 is 22.9 Å². The molecule has 8 nitrogen and oxygen atoms in total. The first-order valence-corrected chi connectivity index (χ1v) is 7.60. The van der Waals surface area contributed by atoms with Crippen LogP contribution in [-0.2, 0) is 6.54 Å². The van der Waals surface area contributed by atoms with Crippen LogP contribution < -0.4 is 10.9 Å². The molecule has 0 radical (unpaired) electrons. The molecular weight excluding hydrogens is 369 g/mol. The lowest BCUT2D eigenvalue weighted by atomic mass is 10.2. The van der Waals surface area contributed by atoms with Crippen LogP contribution in [0.15, 0.2) is 29.2 Å². The normalized spacial score (nSPS) is 10.6. The number of aromatic nitrogens is 3. The van der Waals surface area contributed by atoms with Crippen LogP contribution in [0.2, 0.25) is 10.0 Å². The van der Waals surface area contributed by atoms with Gasteiger partial charge in [0.1, 0.15) is 0 Å². The number of halogens is 2. The number of nitrogens with zero attached hydrogens (tertiary/aromatic N) is 3. The molecule has 3 aromatic rings. The summed E-state index contributed by atoms with van der Waals surface area (Å²) >= 11 is 11.7. The van der Waals surface area contributed by atoms with Crippen LogP contribution in [0.25, 0.3) is 10.5 Å². The predicted octanol–water partition coefficient (Wildman–Crippen LogP) is 2.52. The molecule has 0 unspecified atom stereocenters. The third-order valence-corrected chi connectivity index (χ3v) is 4.13. The van der Waals surface area contributed by atoms with E-state index in [1.54, 1.807) is 18.2 Å². The Hall–Kier alpha value is -3.02. The van der Waals surface area contributed by atoms with Crippen LogP contribution in [0.5, 0.6) is 5.75 Å². The van der Waals surface area contributed by atoms with Gasteiger partial charge in [-0.1, -0.05) is 29.3 Å². The van der Waals surface area contributed by atoms with E-state index in [-0.39, 0.29) is 17.9 Å². The number of carbonyl (C=O) groups excluding carboxylic acids is 1. The van der Waals surface area contributed by atoms with E-state index in [9.17, 15) is 14.7 Å². The van der Waals surface area contributed by atoms with Crippen molar-refractivity contribution in [3.8, 4) is 5.75 Å². The van der Waals surface area contributed by atoms with Crippen molar-refractivity contribution in [2.45, 2.75) is 6.54 Å². The largest absolute Gasteiger partial charge is 0.501 e. The summed E-state index contributed by atoms with van der Waals surface area (Å²) in [7, 11) is 0. The number of hydrogen-bond donors (Lipinski definition) is 3. The lowest BCUT2D eigenvalue weighted by Gasteiger charge is -2.07. The fourth-order valence-electron chi connectivity index (χ4n) is 2.15. The van der Waals surface area contributed by atoms with Crippen molar-refractivity contribution in [2.24, 2.45) is 0 Å². The van der Waals surface area contributed by atoms with Gasteiger partial charge in [0.15, 0.2) is 11.3 Å². The summed E-state index contributed by atoms with van der Waals surface area (Å²) in [5.74, 6) is -1.58. The summed E-state index contributed by atoms with van der Waals surface area (Å²) in [6.45, 7) is 7.12. The second kappa shape index (κ2) is 6.47. The van der Waals surface area contributed by atoms with E-state index in [0.717, 1.165) is 4.52 Å². The Balaban J connectivity index is 1.91. The van der Waals surface area contributed by atoms with Crippen LogP contribution in [-0.4, -0.2) is 25.6 Å². The Morgan fingerprint density at radius 2 is 2.16 bits per heavy atom. The van der Waals surface area contributed by atoms with Crippen LogP contribution in [0.1, 0.15) is 16.1 Å². The highest BCUT2D eigenvalue weighted by molar-refractivity contribution is 6.42. The summed E-state index contributed by atoms with van der Waals surface area (Å²) < 4.78 is 0.887. The zero-order valence-corrected chi connectivity index (χ0v) is 13.9. The van der Waals surface area contributed by atoms with Crippen molar-refractivity contribution in [3.05, 3.63) is 67.5 Å². The highest BCUT2D eigenvalue weighted by Gasteiger charge is 2.20. The third-order valence-electron chi connectivity index (χ3n) is 3.39. The highest BCUT2D eigenvalue weighted by atomic mass is 35.5. The molecule has 2 heterocycles. The van der Waals surface area contributed by atoms with Crippen LogP contribution in [0.3, 0.4) is 0 Å². The van der Waals surface area contributed by atoms with Gasteiger partial charge in [-0.3, -0.25) is 9.59 Å². The molecule has 3 N–H and O–H groups in total. The Labute approximate surface area is 150 Å². The Morgan fingerprint density at radius 1 is 1.40 bits per heavy atom. The van der Waals surface area contributed by atoms with Crippen molar-refractivity contribution < 1.29 is 9.90 Å². The quantitative estimate of drug-likeness (QED) is 0.610. The van der Waals surface area contributed by atoms with Gasteiger partial charge in [0.25, 0.3) is 5.91 Å². The number of rotatable bonds is 3. The molecule has 0 aliphatic carbocycles. The standard InChI is InChI=1S/C15H9Cl2N5O3/c1-18-10-6-20-22-13(10)21-11(12(23)15(22)25)14(24)19-5-7-2-3-8(16)9(17)4-7/h2-4,6,20,23H,5H2,(H,19,24). The van der Waals surface area contributed by atoms with Crippen molar-refractivity contribution >= 4 is 40.4 Å². The number of amides is 1. The van der Waals surface area contributed by atoms with Crippen molar-refractivity contribution in [1.29, 1.82) is 0 Å². The molecule has 2 aromatic heterocycles. The topological polar surface area (TPSA) is 104 Å². The Bertz CT molecular complexity index is 1100. The number of carbonyl (C=O) groups is 1. The van der Waals surface area contributed by atoms with Gasteiger partial charge in [-0.25, -0.2) is 14.3 Å². The molecule has 0 spiro atoms. The number of aromatic hydroxyl groups is 1. The number of fused-ring (bicyclic) bond motifs is 1. The molecule has 126 valence electrons. The molecule has 0 bridgehead atoms. The van der Waals surface area contributed by atoms with Gasteiger partial charge in [0.05, 0.1) is 16.6 Å². The maximum atomic E-state index is 12.3. The SMILES string of the molecule is [C-]#[N+]c1c[nH]n2c(=O)c(O)c(C(=O)NCc3ccc(Cl)c(Cl)c3)nc12. The predicted molar refractivity (Wildman–Crippen MR) is 91.4 cm³/mol. The smallest absolute Gasteiger partial charge is 0.314 e. The van der Waals surface area contributed by atoms with Crippen LogP contribution in [0.4, 0.5) is 5.69 Å². The fourth-order valence-corrected chi connectivity index (χ4v) is 2.47. The molecular formula is C15H9Cl2N5O3. The van der Waals surface area contributed by atoms with Gasteiger partial charge in [0.2, 0.25) is 11.4 Å². The van der Waals surface area contributed by atoms with Gasteiger partial charge < -0.3 is 15.5 Å². The molecule has 0 atom stereocenters. The molecule has 1 amide bonds. The maximum absolute atomic E-state index is 12.3. The Morgan fingerprint density at radius 3 is 2.84 bits per heavy atom. The minimum absolute atomic E-state index is 0.0440. The molecule has 1 aromatic carbocycles. The maximum Gasteiger partial charge on any atom is 0.314 e. The van der Waals surface area contributed by atoms with E-state index in [1.807, 2.05) is 0 Å². The van der Waals surface area contributed by atoms with Gasteiger partial charge in [-0.2, -0.15) is 0 Å². The first-order valence-electron chi connectivity index (χ1n) is 6.85. The molecule has 25 heavy (non-hydrogen) atoms. The van der Waals surface area contributed by atoms with Crippen molar-refractivity contribution in [3.63, 3.8) is 0 Å². The number of H-pyrrole nitrogens is 1. The molecule has 3 rings (SSSR count). The lowest BCUT2D eigenvalue weighted by molar-refractivity contribution is 0.0942. The van der Waals surface area contributed by atoms with Crippen molar-refractivity contribution in [2.75, 3.05) is 0 Å². The van der Waals surface area contributed by atoms with Gasteiger partial charge in [0, 0.05) is 12.7 Å². The molecule has 10 heteroatoms. The fraction of sp³-hybridized carbons (Fsp3) is 0.0667. The number of aromatic amines is 1. The minimum atomic E-state index is -0.875. The van der Waals surface area contributed by atoms with E-state index in [2.05, 4.69) is 20.2 Å². The zero-order chi connectivity index (χ0) is 18.1. The summed E-state index contributed by atoms with van der Waals surface area (Å²) in [5.41, 5.74) is -0.661. The first-order chi connectivity index (χ1) is 11.9. The van der Waals surface area contributed by atoms with Crippen molar-refractivity contribution in [1.82, 2.24) is 19.9 Å². The number of hydrogen-bond acceptors (Lipinski definition) is 4. The minimum Gasteiger partial charge on any atom is -0.501 e. The number of benzene rings is 1. The zero-order valence-electron chi connectivity index (χ0n) is 12.4. The number of nitrogens with one attached hydrogen (secondary N) is 2. The summed E-state index contributed by atoms with van der Waals surface area (Å²) in [6.07, 6.45) is 1.26. The lowest BCUT2D eigenvalue weighted by Crippen LogP contribution is -2.27.